The average molecular weight is 866 g/mol. The molecule has 0 atom stereocenters. The molecule has 0 aliphatic carbocycles. The van der Waals surface area contributed by atoms with Crippen LogP contribution in [0.1, 0.15) is 211 Å². The fraction of sp³-hybridized carbons (Fsp3) is 0.611. The minimum atomic E-state index is -0.393. The molecule has 0 bridgehead atoms. The van der Waals surface area contributed by atoms with E-state index in [0.29, 0.717) is 30.6 Å². The third kappa shape index (κ3) is 27.6. The van der Waals surface area contributed by atoms with Crippen LogP contribution >= 0.6 is 0 Å². The largest absolute Gasteiger partial charge is 2.00 e. The Kier molecular flexibility index (Phi) is 34.3. The van der Waals surface area contributed by atoms with E-state index < -0.39 is 5.75 Å². The molecular weight excluding hydrogens is 783 g/mol. The van der Waals surface area contributed by atoms with Gasteiger partial charge in [0.2, 0.25) is 0 Å². The smallest absolute Gasteiger partial charge is 0.873 e. The van der Waals surface area contributed by atoms with Gasteiger partial charge in [-0.15, -0.1) is 11.5 Å². The molecule has 0 spiro atoms. The molecule has 0 aliphatic heterocycles. The van der Waals surface area contributed by atoms with E-state index >= 15 is 0 Å². The van der Waals surface area contributed by atoms with Gasteiger partial charge in [-0.2, -0.15) is 0 Å². The fourth-order valence-electron chi connectivity index (χ4n) is 7.47. The number of benzene rings is 3. The molecule has 0 saturated carbocycles. The van der Waals surface area contributed by atoms with Crippen molar-refractivity contribution in [1.82, 2.24) is 0 Å². The van der Waals surface area contributed by atoms with Crippen LogP contribution in [0.2, 0.25) is 0 Å². The molecule has 0 amide bonds. The second kappa shape index (κ2) is 37.5. The Bertz CT molecular complexity index is 1550. The first-order valence-corrected chi connectivity index (χ1v) is 24.2. The van der Waals surface area contributed by atoms with Crippen molar-refractivity contribution < 1.29 is 31.5 Å². The number of aryl methyl sites for hydroxylation is 2. The van der Waals surface area contributed by atoms with Crippen LogP contribution in [0.25, 0.3) is 0 Å². The maximum Gasteiger partial charge on any atom is 2.00 e. The monoisotopic (exact) mass is 865 g/mol. The molecule has 5 nitrogen and oxygen atoms in total. The molecule has 3 aromatic rings. The molecular formula is C54H82N2NiO3. The quantitative estimate of drug-likeness (QED) is 0.0347. The molecule has 6 heteroatoms. The predicted molar refractivity (Wildman–Crippen MR) is 252 cm³/mol. The Morgan fingerprint density at radius 2 is 1.03 bits per heavy atom. The van der Waals surface area contributed by atoms with Gasteiger partial charge >= 0.3 is 16.5 Å². The van der Waals surface area contributed by atoms with Crippen molar-refractivity contribution in [3.05, 3.63) is 83.4 Å². The van der Waals surface area contributed by atoms with Crippen molar-refractivity contribution in [3.63, 3.8) is 0 Å². The zero-order chi connectivity index (χ0) is 42.6. The average Bonchev–Trinajstić information content (AvgIpc) is 3.24. The summed E-state index contributed by atoms with van der Waals surface area (Å²) in [7, 11) is 0. The minimum Gasteiger partial charge on any atom is -0.873 e. The minimum absolute atomic E-state index is 0. The van der Waals surface area contributed by atoms with Crippen LogP contribution in [-0.2, 0) is 40.5 Å². The molecule has 336 valence electrons. The van der Waals surface area contributed by atoms with Crippen LogP contribution in [0.4, 0.5) is 11.4 Å². The first-order valence-electron chi connectivity index (χ1n) is 24.2. The molecule has 3 aromatic carbocycles. The number of nitrogens with zero attached hydrogens (tertiary/aromatic N) is 2. The van der Waals surface area contributed by atoms with E-state index in [1.54, 1.807) is 12.1 Å². The van der Waals surface area contributed by atoms with Crippen LogP contribution in [0, 0.1) is 0 Å². The van der Waals surface area contributed by atoms with Gasteiger partial charge in [-0.1, -0.05) is 211 Å². The number of unbranched alkanes of at least 4 members (excludes halogenated alkanes) is 20. The van der Waals surface area contributed by atoms with Gasteiger partial charge in [0.15, 0.2) is 0 Å². The van der Waals surface area contributed by atoms with E-state index in [-0.39, 0.29) is 22.2 Å². The van der Waals surface area contributed by atoms with Crippen LogP contribution in [0.5, 0.6) is 11.5 Å². The van der Waals surface area contributed by atoms with Crippen LogP contribution in [0.3, 0.4) is 0 Å². The van der Waals surface area contributed by atoms with Crippen molar-refractivity contribution in [1.29, 1.82) is 0 Å². The Morgan fingerprint density at radius 1 is 0.517 bits per heavy atom. The number of hydrogen-bond donors (Lipinski definition) is 0. The normalized spacial score (nSPS) is 11.4. The Labute approximate surface area is 377 Å². The number of hydrogen-bond acceptors (Lipinski definition) is 5. The third-order valence-corrected chi connectivity index (χ3v) is 11.1. The summed E-state index contributed by atoms with van der Waals surface area (Å²) < 4.78 is 0. The number of ketones is 1. The molecule has 3 rings (SSSR count). The van der Waals surface area contributed by atoms with Gasteiger partial charge in [0.05, 0.1) is 17.1 Å². The Morgan fingerprint density at radius 3 is 1.60 bits per heavy atom. The standard InChI is InChI=1S/C45H72N2O.C9H12O2.Ni/c1-4-7-10-13-16-18-19-21-24-28-40-29-27-31-43(37-40)47-44(30-25-22-15-12-9-6-3)39-46-42-35-33-41(34-36-42)38-45(48)32-26-23-20-17-14-11-8-5-2;1-2-4-7-5-3-6-8(10)9(7)11;/h27,29,31,33-37,39H,4-26,28,30,32,38H2,1-3H3;3,5-6,10-11H,2,4H2,1H3;/q;;+2/p-2. The Balaban J connectivity index is 0.00000129. The zero-order valence-electron chi connectivity index (χ0n) is 38.4. The van der Waals surface area contributed by atoms with E-state index in [4.69, 9.17) is 9.98 Å². The topological polar surface area (TPSA) is 87.9 Å². The number of rotatable bonds is 33. The van der Waals surface area contributed by atoms with Gasteiger partial charge in [-0.3, -0.25) is 14.8 Å². The molecule has 0 N–H and O–H groups in total. The summed E-state index contributed by atoms with van der Waals surface area (Å²) in [5.41, 5.74) is 6.13. The predicted octanol–water partition coefficient (Wildman–Crippen LogP) is 15.4. The Hall–Kier alpha value is -3.24. The van der Waals surface area contributed by atoms with Crippen molar-refractivity contribution in [2.75, 3.05) is 0 Å². The molecule has 0 fully saturated rings. The number of carbonyl (C=O) groups excluding carboxylic acids is 1. The van der Waals surface area contributed by atoms with Gasteiger partial charge in [0.25, 0.3) is 0 Å². The van der Waals surface area contributed by atoms with Gasteiger partial charge in [-0.25, -0.2) is 0 Å². The summed E-state index contributed by atoms with van der Waals surface area (Å²) in [6, 6.07) is 21.7. The molecule has 0 aliphatic rings. The zero-order valence-corrected chi connectivity index (χ0v) is 39.4. The SMILES string of the molecule is CCCCCCCCCCCc1cccc(N=C(C=Nc2ccc(CC(=O)CCCCCCCCCC)cc2)CCCCCCCC)c1.CCCc1cccc([O-])c1[O-].[Ni+2]. The molecule has 0 unspecified atom stereocenters. The third-order valence-electron chi connectivity index (χ3n) is 11.1. The molecule has 0 heterocycles. The van der Waals surface area contributed by atoms with Crippen molar-refractivity contribution in [2.24, 2.45) is 9.98 Å². The van der Waals surface area contributed by atoms with E-state index in [1.807, 2.05) is 25.3 Å². The first-order chi connectivity index (χ1) is 28.9. The van der Waals surface area contributed by atoms with E-state index in [1.165, 1.54) is 146 Å². The van der Waals surface area contributed by atoms with Gasteiger partial charge in [-0.05, 0) is 73.9 Å². The number of para-hydroxylation sites is 1. The second-order valence-electron chi connectivity index (χ2n) is 16.7. The summed E-state index contributed by atoms with van der Waals surface area (Å²) in [4.78, 5) is 22.5. The van der Waals surface area contributed by atoms with Crippen LogP contribution in [-0.4, -0.2) is 17.7 Å². The van der Waals surface area contributed by atoms with E-state index in [0.717, 1.165) is 54.8 Å². The maximum atomic E-state index is 12.6. The molecule has 0 saturated heterocycles. The van der Waals surface area contributed by atoms with Crippen LogP contribution < -0.4 is 10.2 Å². The van der Waals surface area contributed by atoms with Crippen molar-refractivity contribution in [2.45, 2.75) is 214 Å². The summed E-state index contributed by atoms with van der Waals surface area (Å²) >= 11 is 0. The van der Waals surface area contributed by atoms with Gasteiger partial charge in [0.1, 0.15) is 5.78 Å². The number of aliphatic imine (C=N–C) groups is 2. The van der Waals surface area contributed by atoms with Crippen molar-refractivity contribution in [3.8, 4) is 11.5 Å². The second-order valence-corrected chi connectivity index (χ2v) is 16.7. The van der Waals surface area contributed by atoms with Crippen LogP contribution in [0.15, 0.2) is 76.7 Å². The summed E-state index contributed by atoms with van der Waals surface area (Å²) in [5.74, 6) is -0.379. The fourth-order valence-corrected chi connectivity index (χ4v) is 7.47. The summed E-state index contributed by atoms with van der Waals surface area (Å²) in [6.07, 6.45) is 36.9. The van der Waals surface area contributed by atoms with Crippen molar-refractivity contribution >= 4 is 29.1 Å². The molecule has 0 aromatic heterocycles. The summed E-state index contributed by atoms with van der Waals surface area (Å²) in [6.45, 7) is 8.80. The number of Topliss-reactive ketones (excluding diaryl/α,β-unsaturated/α-hetero) is 1. The van der Waals surface area contributed by atoms with Gasteiger partial charge < -0.3 is 10.2 Å². The number of carbonyl (C=O) groups is 1. The summed E-state index contributed by atoms with van der Waals surface area (Å²) in [5, 5.41) is 21.8. The van der Waals surface area contributed by atoms with E-state index in [2.05, 4.69) is 57.2 Å². The molecule has 60 heavy (non-hydrogen) atoms. The molecule has 0 radical (unpaired) electrons. The first kappa shape index (κ1) is 54.8. The maximum absolute atomic E-state index is 12.6. The van der Waals surface area contributed by atoms with Gasteiger partial charge in [0, 0.05) is 19.1 Å². The van der Waals surface area contributed by atoms with E-state index in [9.17, 15) is 15.0 Å².